The maximum Gasteiger partial charge on any atom is 0.346 e. The zero-order valence-corrected chi connectivity index (χ0v) is 13.8. The van der Waals surface area contributed by atoms with Crippen LogP contribution in [0.25, 0.3) is 0 Å². The van der Waals surface area contributed by atoms with Crippen LogP contribution in [0.1, 0.15) is 20.3 Å². The van der Waals surface area contributed by atoms with Crippen LogP contribution in [-0.4, -0.2) is 66.2 Å². The molecule has 0 saturated carbocycles. The molecule has 9 heteroatoms. The zero-order valence-electron chi connectivity index (χ0n) is 12.9. The van der Waals surface area contributed by atoms with Crippen molar-refractivity contribution in [3.05, 3.63) is 19.0 Å². The molecule has 22 heavy (non-hydrogen) atoms. The number of ether oxygens (including phenoxy) is 1. The van der Waals surface area contributed by atoms with Gasteiger partial charge in [0.2, 0.25) is 9.84 Å². The molecule has 0 atom stereocenters. The van der Waals surface area contributed by atoms with Gasteiger partial charge in [0, 0.05) is 19.7 Å². The molecule has 1 rings (SSSR count). The van der Waals surface area contributed by atoms with E-state index in [0.717, 1.165) is 17.4 Å². The molecule has 0 radical (unpaired) electrons. The van der Waals surface area contributed by atoms with Crippen LogP contribution in [0.2, 0.25) is 0 Å². The van der Waals surface area contributed by atoms with Crippen LogP contribution >= 0.6 is 0 Å². The van der Waals surface area contributed by atoms with Crippen LogP contribution in [0, 0.1) is 0 Å². The summed E-state index contributed by atoms with van der Waals surface area (Å²) in [6.45, 7) is 8.70. The van der Waals surface area contributed by atoms with Gasteiger partial charge >= 0.3 is 6.03 Å². The van der Waals surface area contributed by atoms with Crippen LogP contribution < -0.4 is 0 Å². The van der Waals surface area contributed by atoms with Crippen molar-refractivity contribution in [1.29, 1.82) is 0 Å². The molecular weight excluding hydrogens is 308 g/mol. The van der Waals surface area contributed by atoms with E-state index in [1.54, 1.807) is 13.0 Å². The predicted octanol–water partition coefficient (Wildman–Crippen LogP) is 0.954. The number of hydrogen-bond acceptors (Lipinski definition) is 6. The Hall–Kier alpha value is -1.74. The van der Waals surface area contributed by atoms with Gasteiger partial charge in [-0.3, -0.25) is 0 Å². The highest BCUT2D eigenvalue weighted by Crippen LogP contribution is 2.05. The molecule has 0 bridgehead atoms. The van der Waals surface area contributed by atoms with Gasteiger partial charge in [-0.05, 0) is 13.3 Å². The third-order valence-corrected chi connectivity index (χ3v) is 4.21. The largest absolute Gasteiger partial charge is 0.381 e. The third-order valence-electron chi connectivity index (χ3n) is 2.76. The van der Waals surface area contributed by atoms with Crippen molar-refractivity contribution in [2.45, 2.75) is 25.4 Å². The zero-order chi connectivity index (χ0) is 16.6. The first-order valence-electron chi connectivity index (χ1n) is 7.08. The summed E-state index contributed by atoms with van der Waals surface area (Å²) >= 11 is 0. The summed E-state index contributed by atoms with van der Waals surface area (Å²) in [6, 6.07) is -0.430. The van der Waals surface area contributed by atoms with Gasteiger partial charge in [-0.25, -0.2) is 18.2 Å². The summed E-state index contributed by atoms with van der Waals surface area (Å²) in [5, 5.41) is 3.42. The number of hydrogen-bond donors (Lipinski definition) is 0. The van der Waals surface area contributed by atoms with Crippen molar-refractivity contribution in [3.8, 4) is 0 Å². The molecule has 0 aliphatic rings. The highest BCUT2D eigenvalue weighted by molar-refractivity contribution is 7.91. The number of sulfone groups is 1. The van der Waals surface area contributed by atoms with Gasteiger partial charge in [-0.15, -0.1) is 11.7 Å². The average molecular weight is 330 g/mol. The standard InChI is InChI=1S/C13H22N4O4S/c1-4-7-16(8-5-2)13(18)17-11-14-12(15-17)22(19,20)10-9-21-6-3/h4,11H,1,5-10H2,2-3H3. The number of carbonyl (C=O) groups excluding carboxylic acids is 1. The molecule has 124 valence electrons. The van der Waals surface area contributed by atoms with Crippen molar-refractivity contribution in [3.63, 3.8) is 0 Å². The smallest absolute Gasteiger partial charge is 0.346 e. The number of nitrogens with zero attached hydrogens (tertiary/aromatic N) is 4. The molecule has 0 spiro atoms. The van der Waals surface area contributed by atoms with Gasteiger partial charge in [-0.2, -0.15) is 4.68 Å². The molecule has 8 nitrogen and oxygen atoms in total. The lowest BCUT2D eigenvalue weighted by Crippen LogP contribution is -2.35. The van der Waals surface area contributed by atoms with E-state index >= 15 is 0 Å². The number of rotatable bonds is 9. The molecule has 0 aliphatic heterocycles. The van der Waals surface area contributed by atoms with Crippen molar-refractivity contribution in [2.75, 3.05) is 32.1 Å². The molecule has 0 N–H and O–H groups in total. The monoisotopic (exact) mass is 330 g/mol. The minimum Gasteiger partial charge on any atom is -0.381 e. The maximum atomic E-state index is 12.2. The predicted molar refractivity (Wildman–Crippen MR) is 81.4 cm³/mol. The fourth-order valence-electron chi connectivity index (χ4n) is 1.72. The van der Waals surface area contributed by atoms with Gasteiger partial charge < -0.3 is 9.64 Å². The summed E-state index contributed by atoms with van der Waals surface area (Å²) in [5.74, 6) is -0.218. The summed E-state index contributed by atoms with van der Waals surface area (Å²) in [5.41, 5.74) is 0. The Labute approximate surface area is 130 Å². The first-order chi connectivity index (χ1) is 10.5. The van der Waals surface area contributed by atoms with Gasteiger partial charge in [0.1, 0.15) is 6.33 Å². The molecule has 1 aromatic heterocycles. The fraction of sp³-hybridized carbons (Fsp3) is 0.615. The minimum atomic E-state index is -3.65. The van der Waals surface area contributed by atoms with E-state index in [1.165, 1.54) is 4.90 Å². The van der Waals surface area contributed by atoms with E-state index < -0.39 is 15.9 Å². The third kappa shape index (κ3) is 4.92. The van der Waals surface area contributed by atoms with Crippen molar-refractivity contribution >= 4 is 15.9 Å². The minimum absolute atomic E-state index is 0.0692. The summed E-state index contributed by atoms with van der Waals surface area (Å²) in [6.07, 6.45) is 3.49. The highest BCUT2D eigenvalue weighted by atomic mass is 32.2. The average Bonchev–Trinajstić information content (AvgIpc) is 2.97. The van der Waals surface area contributed by atoms with Gasteiger partial charge in [0.15, 0.2) is 0 Å². The van der Waals surface area contributed by atoms with Gasteiger partial charge in [0.25, 0.3) is 5.16 Å². The van der Waals surface area contributed by atoms with Crippen LogP contribution in [0.4, 0.5) is 4.79 Å². The van der Waals surface area contributed by atoms with Crippen LogP contribution in [-0.2, 0) is 14.6 Å². The second kappa shape index (κ2) is 8.64. The quantitative estimate of drug-likeness (QED) is 0.494. The second-order valence-electron chi connectivity index (χ2n) is 4.50. The van der Waals surface area contributed by atoms with Crippen molar-refractivity contribution < 1.29 is 17.9 Å². The van der Waals surface area contributed by atoms with Crippen LogP contribution in [0.5, 0.6) is 0 Å². The molecule has 0 aliphatic carbocycles. The topological polar surface area (TPSA) is 94.4 Å². The van der Waals surface area contributed by atoms with Crippen molar-refractivity contribution in [1.82, 2.24) is 19.7 Å². The Kier molecular flexibility index (Phi) is 7.19. The molecule has 0 fully saturated rings. The van der Waals surface area contributed by atoms with E-state index in [0.29, 0.717) is 19.7 Å². The molecule has 0 saturated heterocycles. The second-order valence-corrected chi connectivity index (χ2v) is 6.51. The van der Waals surface area contributed by atoms with Gasteiger partial charge in [0.05, 0.1) is 12.4 Å². The molecule has 0 unspecified atom stereocenters. The van der Waals surface area contributed by atoms with E-state index in [1.807, 2.05) is 6.92 Å². The number of amides is 1. The number of aromatic nitrogens is 3. The Morgan fingerprint density at radius 1 is 1.50 bits per heavy atom. The first kappa shape index (κ1) is 18.3. The maximum absolute atomic E-state index is 12.2. The lowest BCUT2D eigenvalue weighted by Gasteiger charge is -2.19. The Morgan fingerprint density at radius 3 is 2.82 bits per heavy atom. The van der Waals surface area contributed by atoms with Gasteiger partial charge in [-0.1, -0.05) is 13.0 Å². The Balaban J connectivity index is 2.85. The summed E-state index contributed by atoms with van der Waals surface area (Å²) in [7, 11) is -3.65. The summed E-state index contributed by atoms with van der Waals surface area (Å²) in [4.78, 5) is 17.5. The Bertz CT molecular complexity index is 597. The highest BCUT2D eigenvalue weighted by Gasteiger charge is 2.22. The molecular formula is C13H22N4O4S. The van der Waals surface area contributed by atoms with Crippen molar-refractivity contribution in [2.24, 2.45) is 0 Å². The Morgan fingerprint density at radius 2 is 2.23 bits per heavy atom. The van der Waals surface area contributed by atoms with Crippen LogP contribution in [0.3, 0.4) is 0 Å². The lowest BCUT2D eigenvalue weighted by atomic mass is 10.4. The van der Waals surface area contributed by atoms with E-state index in [2.05, 4.69) is 16.7 Å². The molecule has 1 amide bonds. The van der Waals surface area contributed by atoms with E-state index in [9.17, 15) is 13.2 Å². The fourth-order valence-corrected chi connectivity index (χ4v) is 2.66. The molecule has 1 heterocycles. The SMILES string of the molecule is C=CCN(CCC)C(=O)n1cnc(S(=O)(=O)CCOCC)n1. The van der Waals surface area contributed by atoms with E-state index in [-0.39, 0.29) is 17.5 Å². The van der Waals surface area contributed by atoms with Crippen LogP contribution in [0.15, 0.2) is 24.1 Å². The molecule has 0 aromatic carbocycles. The lowest BCUT2D eigenvalue weighted by molar-refractivity contribution is 0.163. The summed E-state index contributed by atoms with van der Waals surface area (Å²) < 4.78 is 30.0. The first-order valence-corrected chi connectivity index (χ1v) is 8.73. The molecule has 1 aromatic rings. The van der Waals surface area contributed by atoms with E-state index in [4.69, 9.17) is 4.74 Å². The number of carbonyl (C=O) groups is 1. The normalized spacial score (nSPS) is 11.4.